The molecule has 3 N–H and O–H groups in total. The van der Waals surface area contributed by atoms with Crippen LogP contribution < -0.4 is 16.8 Å². The first-order valence-electron chi connectivity index (χ1n) is 4.28. The van der Waals surface area contributed by atoms with Gasteiger partial charge in [0, 0.05) is 12.6 Å². The predicted molar refractivity (Wildman–Crippen MR) is 50.4 cm³/mol. The number of carbonyl (C=O) groups excluding carboxylic acids is 1. The number of nitrogens with one attached hydrogen (secondary N) is 1. The summed E-state index contributed by atoms with van der Waals surface area (Å²) in [5, 5.41) is 3.84. The van der Waals surface area contributed by atoms with Gasteiger partial charge in [0.25, 0.3) is 11.5 Å². The molecule has 0 aliphatic carbocycles. The fraction of sp³-hybridized carbons (Fsp3) is 0.375. The summed E-state index contributed by atoms with van der Waals surface area (Å²) in [5.41, 5.74) is 1.87. The van der Waals surface area contributed by atoms with E-state index in [4.69, 9.17) is 5.84 Å². The SMILES string of the molecule is CCCn1nc(C(=O)NN)ccc1=O. The van der Waals surface area contributed by atoms with Crippen molar-refractivity contribution in [3.63, 3.8) is 0 Å². The molecule has 76 valence electrons. The Hall–Kier alpha value is -1.69. The molecule has 0 radical (unpaired) electrons. The summed E-state index contributed by atoms with van der Waals surface area (Å²) in [4.78, 5) is 22.3. The van der Waals surface area contributed by atoms with Crippen molar-refractivity contribution in [1.82, 2.24) is 15.2 Å². The standard InChI is InChI=1S/C8H12N4O2/c1-2-5-12-7(13)4-3-6(11-12)8(14)10-9/h3-4H,2,5,9H2,1H3,(H,10,14). The van der Waals surface area contributed by atoms with E-state index in [0.29, 0.717) is 6.54 Å². The van der Waals surface area contributed by atoms with E-state index in [1.54, 1.807) is 0 Å². The normalized spacial score (nSPS) is 9.86. The number of amides is 1. The summed E-state index contributed by atoms with van der Waals surface area (Å²) in [6, 6.07) is 2.64. The molecule has 6 nitrogen and oxygen atoms in total. The van der Waals surface area contributed by atoms with Crippen LogP contribution in [0.25, 0.3) is 0 Å². The molecule has 0 saturated carbocycles. The van der Waals surface area contributed by atoms with Crippen LogP contribution in [0.4, 0.5) is 0 Å². The second-order valence-electron chi connectivity index (χ2n) is 2.75. The second kappa shape index (κ2) is 4.52. The van der Waals surface area contributed by atoms with Gasteiger partial charge < -0.3 is 0 Å². The molecule has 1 aromatic heterocycles. The third-order valence-electron chi connectivity index (χ3n) is 1.67. The lowest BCUT2D eigenvalue weighted by Gasteiger charge is -2.03. The van der Waals surface area contributed by atoms with Crippen molar-refractivity contribution >= 4 is 5.91 Å². The quantitative estimate of drug-likeness (QED) is 0.378. The van der Waals surface area contributed by atoms with Crippen molar-refractivity contribution in [2.45, 2.75) is 19.9 Å². The van der Waals surface area contributed by atoms with Crippen molar-refractivity contribution in [1.29, 1.82) is 0 Å². The minimum absolute atomic E-state index is 0.139. The number of hydrazine groups is 1. The van der Waals surface area contributed by atoms with Gasteiger partial charge in [-0.2, -0.15) is 5.10 Å². The number of aryl methyl sites for hydroxylation is 1. The first kappa shape index (κ1) is 10.4. The summed E-state index contributed by atoms with van der Waals surface area (Å²) in [7, 11) is 0. The summed E-state index contributed by atoms with van der Waals surface area (Å²) in [5.74, 6) is 4.43. The Morgan fingerprint density at radius 1 is 1.64 bits per heavy atom. The number of hydrogen-bond acceptors (Lipinski definition) is 4. The number of nitrogens with two attached hydrogens (primary N) is 1. The molecule has 0 saturated heterocycles. The third-order valence-corrected chi connectivity index (χ3v) is 1.67. The van der Waals surface area contributed by atoms with Crippen molar-refractivity contribution in [2.24, 2.45) is 5.84 Å². The molecule has 0 fully saturated rings. The average molecular weight is 196 g/mol. The smallest absolute Gasteiger partial charge is 0.285 e. The summed E-state index contributed by atoms with van der Waals surface area (Å²) in [6.07, 6.45) is 0.778. The highest BCUT2D eigenvalue weighted by Crippen LogP contribution is 1.90. The van der Waals surface area contributed by atoms with Crippen molar-refractivity contribution in [3.05, 3.63) is 28.2 Å². The lowest BCUT2D eigenvalue weighted by Crippen LogP contribution is -2.33. The van der Waals surface area contributed by atoms with Gasteiger partial charge in [0.1, 0.15) is 5.69 Å². The molecule has 0 aliphatic heterocycles. The number of carbonyl (C=O) groups is 1. The van der Waals surface area contributed by atoms with Crippen LogP contribution in [0.1, 0.15) is 23.8 Å². The molecule has 1 amide bonds. The van der Waals surface area contributed by atoms with Crippen LogP contribution >= 0.6 is 0 Å². The van der Waals surface area contributed by atoms with Gasteiger partial charge >= 0.3 is 0 Å². The summed E-state index contributed by atoms with van der Waals surface area (Å²) < 4.78 is 1.24. The molecule has 1 heterocycles. The minimum Gasteiger partial charge on any atom is -0.289 e. The van der Waals surface area contributed by atoms with Gasteiger partial charge in [-0.1, -0.05) is 6.92 Å². The Morgan fingerprint density at radius 2 is 2.36 bits per heavy atom. The number of aromatic nitrogens is 2. The number of rotatable bonds is 3. The van der Waals surface area contributed by atoms with Gasteiger partial charge in [-0.15, -0.1) is 0 Å². The van der Waals surface area contributed by atoms with E-state index in [2.05, 4.69) is 5.10 Å². The van der Waals surface area contributed by atoms with E-state index in [0.717, 1.165) is 6.42 Å². The van der Waals surface area contributed by atoms with E-state index in [1.807, 2.05) is 12.3 Å². The molecule has 1 rings (SSSR count). The zero-order valence-corrected chi connectivity index (χ0v) is 7.86. The van der Waals surface area contributed by atoms with Crippen LogP contribution in [0.15, 0.2) is 16.9 Å². The van der Waals surface area contributed by atoms with Crippen molar-refractivity contribution in [3.8, 4) is 0 Å². The van der Waals surface area contributed by atoms with Crippen LogP contribution in [0.2, 0.25) is 0 Å². The fourth-order valence-corrected chi connectivity index (χ4v) is 1.02. The highest BCUT2D eigenvalue weighted by Gasteiger charge is 2.06. The van der Waals surface area contributed by atoms with Crippen LogP contribution in [-0.2, 0) is 6.54 Å². The number of nitrogens with zero attached hydrogens (tertiary/aromatic N) is 2. The van der Waals surface area contributed by atoms with E-state index >= 15 is 0 Å². The minimum atomic E-state index is -0.505. The van der Waals surface area contributed by atoms with Crippen molar-refractivity contribution < 1.29 is 4.79 Å². The highest BCUT2D eigenvalue weighted by molar-refractivity contribution is 5.91. The molecule has 0 atom stereocenters. The molecule has 0 spiro atoms. The highest BCUT2D eigenvalue weighted by atomic mass is 16.2. The van der Waals surface area contributed by atoms with Gasteiger partial charge in [-0.05, 0) is 12.5 Å². The molecule has 14 heavy (non-hydrogen) atoms. The fourth-order valence-electron chi connectivity index (χ4n) is 1.02. The lowest BCUT2D eigenvalue weighted by atomic mass is 10.4. The maximum Gasteiger partial charge on any atom is 0.285 e. The maximum absolute atomic E-state index is 11.2. The van der Waals surface area contributed by atoms with E-state index in [9.17, 15) is 9.59 Å². The number of hydrogen-bond donors (Lipinski definition) is 2. The predicted octanol–water partition coefficient (Wildman–Crippen LogP) is -0.743. The van der Waals surface area contributed by atoms with E-state index < -0.39 is 5.91 Å². The first-order chi connectivity index (χ1) is 6.69. The van der Waals surface area contributed by atoms with E-state index in [-0.39, 0.29) is 11.3 Å². The van der Waals surface area contributed by atoms with Crippen LogP contribution in [0.3, 0.4) is 0 Å². The maximum atomic E-state index is 11.2. The van der Waals surface area contributed by atoms with Gasteiger partial charge in [-0.25, -0.2) is 10.5 Å². The molecule has 1 aromatic rings. The molecular weight excluding hydrogens is 184 g/mol. The zero-order chi connectivity index (χ0) is 10.6. The Balaban J connectivity index is 3.06. The van der Waals surface area contributed by atoms with Gasteiger partial charge in [-0.3, -0.25) is 15.0 Å². The molecule has 0 bridgehead atoms. The molecular formula is C8H12N4O2. The van der Waals surface area contributed by atoms with E-state index in [1.165, 1.54) is 16.8 Å². The average Bonchev–Trinajstić information content (AvgIpc) is 2.20. The zero-order valence-electron chi connectivity index (χ0n) is 7.86. The van der Waals surface area contributed by atoms with Crippen LogP contribution in [-0.4, -0.2) is 15.7 Å². The van der Waals surface area contributed by atoms with Gasteiger partial charge in [0.05, 0.1) is 0 Å². The Bertz CT molecular complexity index is 385. The molecule has 0 aliphatic rings. The molecule has 0 unspecified atom stereocenters. The second-order valence-corrected chi connectivity index (χ2v) is 2.75. The molecule has 6 heteroatoms. The largest absolute Gasteiger partial charge is 0.289 e. The molecule has 0 aromatic carbocycles. The first-order valence-corrected chi connectivity index (χ1v) is 4.28. The lowest BCUT2D eigenvalue weighted by molar-refractivity contribution is 0.0946. The van der Waals surface area contributed by atoms with Gasteiger partial charge in [0.2, 0.25) is 0 Å². The Morgan fingerprint density at radius 3 is 2.93 bits per heavy atom. The van der Waals surface area contributed by atoms with Crippen LogP contribution in [0.5, 0.6) is 0 Å². The third kappa shape index (κ3) is 2.17. The van der Waals surface area contributed by atoms with Gasteiger partial charge in [0.15, 0.2) is 0 Å². The van der Waals surface area contributed by atoms with Crippen molar-refractivity contribution in [2.75, 3.05) is 0 Å². The number of nitrogen functional groups attached to an aromatic ring is 1. The Labute approximate surface area is 80.7 Å². The topological polar surface area (TPSA) is 90.0 Å². The summed E-state index contributed by atoms with van der Waals surface area (Å²) >= 11 is 0. The summed E-state index contributed by atoms with van der Waals surface area (Å²) in [6.45, 7) is 2.41. The van der Waals surface area contributed by atoms with Crippen LogP contribution in [0, 0.1) is 0 Å². The Kier molecular flexibility index (Phi) is 3.35. The monoisotopic (exact) mass is 196 g/mol.